The number of likely N-dealkylation sites (tertiary alicyclic amines) is 1. The Balaban J connectivity index is 2.00. The fourth-order valence-corrected chi connectivity index (χ4v) is 5.15. The van der Waals surface area contributed by atoms with Crippen molar-refractivity contribution < 1.29 is 8.42 Å². The smallest absolute Gasteiger partial charge is 0.242 e. The summed E-state index contributed by atoms with van der Waals surface area (Å²) in [6, 6.07) is 8.10. The van der Waals surface area contributed by atoms with Crippen molar-refractivity contribution in [2.45, 2.75) is 37.5 Å². The summed E-state index contributed by atoms with van der Waals surface area (Å²) < 4.78 is 27.1. The minimum Gasteiger partial charge on any atom is -0.301 e. The lowest BCUT2D eigenvalue weighted by Crippen LogP contribution is -2.48. The highest BCUT2D eigenvalue weighted by Crippen LogP contribution is 2.49. The molecule has 2 aliphatic rings. The first-order chi connectivity index (χ1) is 8.96. The fourth-order valence-electron chi connectivity index (χ4n) is 3.30. The van der Waals surface area contributed by atoms with Gasteiger partial charge in [0.15, 0.2) is 0 Å². The summed E-state index contributed by atoms with van der Waals surface area (Å²) in [5.41, 5.74) is 1.72. The number of piperidine rings is 1. The summed E-state index contributed by atoms with van der Waals surface area (Å²) in [5, 5.41) is 0. The largest absolute Gasteiger partial charge is 0.301 e. The Labute approximate surface area is 114 Å². The minimum atomic E-state index is -3.29. The zero-order chi connectivity index (χ0) is 13.7. The molecule has 0 aliphatic carbocycles. The van der Waals surface area contributed by atoms with Crippen molar-refractivity contribution >= 4 is 15.7 Å². The maximum absolute atomic E-state index is 12.5. The third kappa shape index (κ3) is 1.79. The summed E-state index contributed by atoms with van der Waals surface area (Å²) in [6.45, 7) is 6.00. The van der Waals surface area contributed by atoms with Crippen LogP contribution in [0.15, 0.2) is 24.3 Å². The predicted molar refractivity (Wildman–Crippen MR) is 76.6 cm³/mol. The molecular formula is C14H20N2O2S. The molecule has 0 radical (unpaired) electrons. The van der Waals surface area contributed by atoms with Crippen molar-refractivity contribution in [1.29, 1.82) is 0 Å². The number of hydrogen-bond acceptors (Lipinski definition) is 3. The van der Waals surface area contributed by atoms with Crippen molar-refractivity contribution in [1.82, 2.24) is 4.90 Å². The van der Waals surface area contributed by atoms with Crippen LogP contribution in [0.5, 0.6) is 0 Å². The quantitative estimate of drug-likeness (QED) is 0.857. The number of rotatable bonds is 1. The van der Waals surface area contributed by atoms with Crippen LogP contribution < -0.4 is 4.72 Å². The van der Waals surface area contributed by atoms with Gasteiger partial charge >= 0.3 is 0 Å². The van der Waals surface area contributed by atoms with Crippen LogP contribution in [0.25, 0.3) is 0 Å². The van der Waals surface area contributed by atoms with Crippen molar-refractivity contribution in [3.8, 4) is 0 Å². The number of para-hydroxylation sites is 1. The number of nitrogens with one attached hydrogen (secondary N) is 1. The van der Waals surface area contributed by atoms with Gasteiger partial charge in [-0.2, -0.15) is 0 Å². The molecule has 1 aromatic carbocycles. The van der Waals surface area contributed by atoms with Gasteiger partial charge in [0, 0.05) is 19.1 Å². The molecule has 104 valence electrons. The Hall–Kier alpha value is -1.07. The third-order valence-corrected chi connectivity index (χ3v) is 6.66. The number of fused-ring (bicyclic) bond motifs is 2. The second-order valence-electron chi connectivity index (χ2n) is 5.78. The first-order valence-corrected chi connectivity index (χ1v) is 8.30. The van der Waals surface area contributed by atoms with E-state index in [4.69, 9.17) is 0 Å². The van der Waals surface area contributed by atoms with Gasteiger partial charge in [-0.1, -0.05) is 18.2 Å². The highest BCUT2D eigenvalue weighted by molar-refractivity contribution is 7.94. The topological polar surface area (TPSA) is 49.4 Å². The number of benzene rings is 1. The van der Waals surface area contributed by atoms with E-state index in [2.05, 4.69) is 23.5 Å². The summed E-state index contributed by atoms with van der Waals surface area (Å²) in [5.74, 6) is 0. The van der Waals surface area contributed by atoms with E-state index in [1.807, 2.05) is 24.3 Å². The Bertz CT molecular complexity index is 587. The van der Waals surface area contributed by atoms with E-state index < -0.39 is 14.8 Å². The first kappa shape index (κ1) is 12.9. The number of sulfonamides is 1. The van der Waals surface area contributed by atoms with Crippen molar-refractivity contribution in [3.05, 3.63) is 29.8 Å². The Morgan fingerprint density at radius 3 is 2.47 bits per heavy atom. The second kappa shape index (κ2) is 4.21. The van der Waals surface area contributed by atoms with Crippen LogP contribution in [0.2, 0.25) is 0 Å². The maximum atomic E-state index is 12.5. The number of anilines is 1. The molecule has 2 heterocycles. The van der Waals surface area contributed by atoms with Crippen LogP contribution in [-0.2, 0) is 14.8 Å². The molecular weight excluding hydrogens is 260 g/mol. The van der Waals surface area contributed by atoms with Crippen LogP contribution in [0.4, 0.5) is 5.69 Å². The van der Waals surface area contributed by atoms with Crippen molar-refractivity contribution in [2.75, 3.05) is 17.8 Å². The van der Waals surface area contributed by atoms with E-state index in [1.165, 1.54) is 0 Å². The lowest BCUT2D eigenvalue weighted by Gasteiger charge is -2.39. The van der Waals surface area contributed by atoms with Crippen LogP contribution in [0.3, 0.4) is 0 Å². The van der Waals surface area contributed by atoms with Gasteiger partial charge in [-0.3, -0.25) is 4.72 Å². The summed E-state index contributed by atoms with van der Waals surface area (Å²) in [4.78, 5) is 2.35. The van der Waals surface area contributed by atoms with E-state index in [1.54, 1.807) is 0 Å². The van der Waals surface area contributed by atoms with Gasteiger partial charge in [0.1, 0.15) is 4.75 Å². The maximum Gasteiger partial charge on any atom is 0.242 e. The lowest BCUT2D eigenvalue weighted by molar-refractivity contribution is 0.159. The van der Waals surface area contributed by atoms with Crippen LogP contribution in [-0.4, -0.2) is 32.4 Å². The molecule has 1 spiro atoms. The molecule has 1 aromatic rings. The first-order valence-electron chi connectivity index (χ1n) is 6.82. The molecule has 1 saturated heterocycles. The van der Waals surface area contributed by atoms with Gasteiger partial charge < -0.3 is 4.90 Å². The van der Waals surface area contributed by atoms with E-state index in [9.17, 15) is 8.42 Å². The average molecular weight is 280 g/mol. The Morgan fingerprint density at radius 1 is 1.21 bits per heavy atom. The van der Waals surface area contributed by atoms with E-state index in [-0.39, 0.29) is 0 Å². The molecule has 5 heteroatoms. The molecule has 19 heavy (non-hydrogen) atoms. The van der Waals surface area contributed by atoms with Gasteiger partial charge in [0.2, 0.25) is 10.0 Å². The van der Waals surface area contributed by atoms with Crippen LogP contribution in [0, 0.1) is 0 Å². The van der Waals surface area contributed by atoms with E-state index in [0.29, 0.717) is 18.9 Å². The molecule has 0 aromatic heterocycles. The molecule has 0 saturated carbocycles. The SMILES string of the molecule is CC(C)N1CCC2(CC1)c1ccccc1NS2(=O)=O. The zero-order valence-electron chi connectivity index (χ0n) is 11.4. The zero-order valence-corrected chi connectivity index (χ0v) is 12.2. The summed E-state index contributed by atoms with van der Waals surface area (Å²) in [7, 11) is -3.29. The fraction of sp³-hybridized carbons (Fsp3) is 0.571. The monoisotopic (exact) mass is 280 g/mol. The molecule has 1 fully saturated rings. The minimum absolute atomic E-state index is 0.477. The Kier molecular flexibility index (Phi) is 2.87. The standard InChI is InChI=1S/C14H20N2O2S/c1-11(2)16-9-7-14(8-10-16)12-5-3-4-6-13(12)15-19(14,17)18/h3-6,11,15H,7-10H2,1-2H3. The molecule has 0 amide bonds. The third-order valence-electron chi connectivity index (χ3n) is 4.51. The lowest BCUT2D eigenvalue weighted by atomic mass is 9.87. The second-order valence-corrected chi connectivity index (χ2v) is 7.77. The molecule has 0 unspecified atom stereocenters. The highest BCUT2D eigenvalue weighted by atomic mass is 32.2. The normalized spacial score (nSPS) is 24.4. The molecule has 0 bridgehead atoms. The molecule has 4 nitrogen and oxygen atoms in total. The van der Waals surface area contributed by atoms with Crippen LogP contribution >= 0.6 is 0 Å². The summed E-state index contributed by atoms with van der Waals surface area (Å²) in [6.07, 6.45) is 1.36. The van der Waals surface area contributed by atoms with Gasteiger partial charge in [-0.05, 0) is 38.3 Å². The Morgan fingerprint density at radius 2 is 1.84 bits per heavy atom. The number of nitrogens with zero attached hydrogens (tertiary/aromatic N) is 1. The van der Waals surface area contributed by atoms with Gasteiger partial charge in [0.25, 0.3) is 0 Å². The molecule has 1 N–H and O–H groups in total. The average Bonchev–Trinajstić information content (AvgIpc) is 2.59. The number of hydrogen-bond donors (Lipinski definition) is 1. The predicted octanol–water partition coefficient (Wildman–Crippen LogP) is 2.14. The molecule has 2 aliphatic heterocycles. The van der Waals surface area contributed by atoms with E-state index in [0.717, 1.165) is 24.3 Å². The van der Waals surface area contributed by atoms with Gasteiger partial charge in [-0.25, -0.2) is 8.42 Å². The van der Waals surface area contributed by atoms with Gasteiger partial charge in [-0.15, -0.1) is 0 Å². The van der Waals surface area contributed by atoms with E-state index >= 15 is 0 Å². The summed E-state index contributed by atoms with van der Waals surface area (Å²) >= 11 is 0. The molecule has 3 rings (SSSR count). The van der Waals surface area contributed by atoms with Crippen molar-refractivity contribution in [3.63, 3.8) is 0 Å². The highest BCUT2D eigenvalue weighted by Gasteiger charge is 2.53. The van der Waals surface area contributed by atoms with Crippen molar-refractivity contribution in [2.24, 2.45) is 0 Å². The van der Waals surface area contributed by atoms with Crippen LogP contribution in [0.1, 0.15) is 32.3 Å². The molecule has 0 atom stereocenters. The van der Waals surface area contributed by atoms with Gasteiger partial charge in [0.05, 0.1) is 5.69 Å².